The van der Waals surface area contributed by atoms with Gasteiger partial charge in [0.15, 0.2) is 15.9 Å². The predicted octanol–water partition coefficient (Wildman–Crippen LogP) is -1.07. The summed E-state index contributed by atoms with van der Waals surface area (Å²) in [6, 6.07) is 3.79. The molecule has 22 heavy (non-hydrogen) atoms. The van der Waals surface area contributed by atoms with Gasteiger partial charge in [0, 0.05) is 6.26 Å². The molecule has 0 radical (unpaired) electrons. The average Bonchev–Trinajstić information content (AvgIpc) is 2.50. The minimum Gasteiger partial charge on any atom is -0.393 e. The maximum atomic E-state index is 13.0. The summed E-state index contributed by atoms with van der Waals surface area (Å²) in [5.74, 6) is -1.02. The van der Waals surface area contributed by atoms with E-state index in [9.17, 15) is 22.7 Å². The number of rotatable bonds is 7. The molecule has 0 saturated carbocycles. The van der Waals surface area contributed by atoms with Crippen LogP contribution >= 0.6 is 0 Å². The number of sulfone groups is 1. The Kier molecular flexibility index (Phi) is 6.42. The third-order valence-electron chi connectivity index (χ3n) is 3.00. The van der Waals surface area contributed by atoms with E-state index in [0.29, 0.717) is 0 Å². The fourth-order valence-corrected chi connectivity index (χ4v) is 2.34. The van der Waals surface area contributed by atoms with Crippen molar-refractivity contribution in [3.63, 3.8) is 0 Å². The highest BCUT2D eigenvalue weighted by molar-refractivity contribution is 7.90. The Labute approximate surface area is 127 Å². The van der Waals surface area contributed by atoms with Crippen molar-refractivity contribution in [2.45, 2.75) is 23.1 Å². The van der Waals surface area contributed by atoms with Gasteiger partial charge in [-0.1, -0.05) is 12.1 Å². The first-order valence-corrected chi connectivity index (χ1v) is 8.23. The Morgan fingerprint density at radius 1 is 1.27 bits per heavy atom. The van der Waals surface area contributed by atoms with Gasteiger partial charge in [0.05, 0.1) is 17.5 Å². The maximum Gasteiger partial charge on any atom is 0.251 e. The molecule has 0 aliphatic heterocycles. The summed E-state index contributed by atoms with van der Waals surface area (Å²) in [5, 5.41) is 29.8. The summed E-state index contributed by atoms with van der Waals surface area (Å²) in [6.45, 7) is -1.94. The first-order valence-electron chi connectivity index (χ1n) is 6.34. The van der Waals surface area contributed by atoms with Crippen LogP contribution in [-0.4, -0.2) is 61.3 Å². The second-order valence-electron chi connectivity index (χ2n) is 4.75. The number of carbonyl (C=O) groups is 1. The van der Waals surface area contributed by atoms with Gasteiger partial charge in [-0.15, -0.1) is 0 Å². The molecule has 0 bridgehead atoms. The summed E-state index contributed by atoms with van der Waals surface area (Å²) in [7, 11) is -3.39. The molecule has 0 saturated heterocycles. The van der Waals surface area contributed by atoms with Crippen molar-refractivity contribution in [3.8, 4) is 0 Å². The van der Waals surface area contributed by atoms with E-state index in [1.807, 2.05) is 0 Å². The summed E-state index contributed by atoms with van der Waals surface area (Å²) >= 11 is 0. The smallest absolute Gasteiger partial charge is 0.251 e. The molecule has 0 aliphatic carbocycles. The van der Waals surface area contributed by atoms with Crippen molar-refractivity contribution < 1.29 is 32.9 Å². The molecular formula is C13H18FNO6S. The molecule has 0 unspecified atom stereocenters. The Balaban J connectivity index is 2.88. The fraction of sp³-hybridized carbons (Fsp3) is 0.462. The zero-order chi connectivity index (χ0) is 16.9. The van der Waals surface area contributed by atoms with Crippen molar-refractivity contribution in [1.29, 1.82) is 0 Å². The van der Waals surface area contributed by atoms with Crippen LogP contribution < -0.4 is 5.32 Å². The number of aliphatic hydroxyl groups is 3. The zero-order valence-corrected chi connectivity index (χ0v) is 12.6. The van der Waals surface area contributed by atoms with E-state index in [1.165, 1.54) is 24.3 Å². The molecular weight excluding hydrogens is 317 g/mol. The summed E-state index contributed by atoms with van der Waals surface area (Å²) in [4.78, 5) is 11.4. The molecule has 1 amide bonds. The van der Waals surface area contributed by atoms with Crippen LogP contribution in [-0.2, 0) is 14.6 Å². The summed E-state index contributed by atoms with van der Waals surface area (Å²) in [5.41, 5.74) is 0.203. The first-order chi connectivity index (χ1) is 10.2. The number of aliphatic hydroxyl groups excluding tert-OH is 3. The number of carbonyl (C=O) groups excluding carboxylic acids is 1. The number of benzene rings is 1. The zero-order valence-electron chi connectivity index (χ0n) is 11.8. The molecule has 0 spiro atoms. The maximum absolute atomic E-state index is 13.0. The number of halogens is 1. The SMILES string of the molecule is CS(=O)(=O)c1ccc([C@H](O)[C@@H](CF)NC(=O)[C@@H](O)CO)cc1. The summed E-state index contributed by atoms with van der Waals surface area (Å²) in [6.07, 6.45) is -2.12. The first kappa shape index (κ1) is 18.5. The van der Waals surface area contributed by atoms with Gasteiger partial charge in [0.2, 0.25) is 0 Å². The van der Waals surface area contributed by atoms with E-state index in [-0.39, 0.29) is 10.5 Å². The molecule has 0 fully saturated rings. The van der Waals surface area contributed by atoms with E-state index in [4.69, 9.17) is 10.2 Å². The molecule has 1 rings (SSSR count). The summed E-state index contributed by atoms with van der Waals surface area (Å²) < 4.78 is 35.6. The predicted molar refractivity (Wildman–Crippen MR) is 75.5 cm³/mol. The van der Waals surface area contributed by atoms with E-state index in [1.54, 1.807) is 0 Å². The van der Waals surface area contributed by atoms with Crippen LogP contribution in [0, 0.1) is 0 Å². The van der Waals surface area contributed by atoms with Crippen LogP contribution in [0.15, 0.2) is 29.2 Å². The van der Waals surface area contributed by atoms with Gasteiger partial charge in [-0.3, -0.25) is 4.79 Å². The molecule has 124 valence electrons. The molecule has 0 aliphatic rings. The highest BCUT2D eigenvalue weighted by Gasteiger charge is 2.25. The van der Waals surface area contributed by atoms with Gasteiger partial charge in [0.25, 0.3) is 5.91 Å². The van der Waals surface area contributed by atoms with Crippen molar-refractivity contribution in [1.82, 2.24) is 5.32 Å². The van der Waals surface area contributed by atoms with E-state index in [2.05, 4.69) is 5.32 Å². The van der Waals surface area contributed by atoms with Crippen molar-refractivity contribution >= 4 is 15.7 Å². The van der Waals surface area contributed by atoms with E-state index >= 15 is 0 Å². The molecule has 1 aromatic carbocycles. The van der Waals surface area contributed by atoms with E-state index < -0.39 is 47.3 Å². The van der Waals surface area contributed by atoms with Gasteiger partial charge < -0.3 is 20.6 Å². The molecule has 0 heterocycles. The van der Waals surface area contributed by atoms with Crippen molar-refractivity contribution in [2.24, 2.45) is 0 Å². The Hall–Kier alpha value is -1.55. The number of alkyl halides is 1. The molecule has 1 aromatic rings. The number of hydrogen-bond donors (Lipinski definition) is 4. The second kappa shape index (κ2) is 7.63. The van der Waals surface area contributed by atoms with Crippen LogP contribution in [0.4, 0.5) is 4.39 Å². The Morgan fingerprint density at radius 2 is 1.82 bits per heavy atom. The molecule has 9 heteroatoms. The minimum absolute atomic E-state index is 0.0417. The lowest BCUT2D eigenvalue weighted by Crippen LogP contribution is -2.46. The third-order valence-corrected chi connectivity index (χ3v) is 4.13. The normalized spacial score (nSPS) is 15.9. The van der Waals surface area contributed by atoms with Crippen molar-refractivity contribution in [3.05, 3.63) is 29.8 Å². The standard InChI is InChI=1S/C13H18FNO6S/c1-22(20,21)9-4-2-8(3-5-9)12(18)10(6-14)15-13(19)11(17)7-16/h2-5,10-12,16-18H,6-7H2,1H3,(H,15,19)/t10-,11+,12+/m1/s1. The number of amides is 1. The fourth-order valence-electron chi connectivity index (χ4n) is 1.71. The molecule has 3 atom stereocenters. The van der Waals surface area contributed by atoms with Gasteiger partial charge in [-0.05, 0) is 17.7 Å². The van der Waals surface area contributed by atoms with E-state index in [0.717, 1.165) is 6.26 Å². The lowest BCUT2D eigenvalue weighted by atomic mass is 10.0. The van der Waals surface area contributed by atoms with Gasteiger partial charge in [-0.25, -0.2) is 12.8 Å². The lowest BCUT2D eigenvalue weighted by molar-refractivity contribution is -0.133. The monoisotopic (exact) mass is 335 g/mol. The minimum atomic E-state index is -3.39. The molecule has 4 N–H and O–H groups in total. The Bertz CT molecular complexity index is 603. The van der Waals surface area contributed by atoms with Crippen molar-refractivity contribution in [2.75, 3.05) is 19.5 Å². The number of hydrogen-bond acceptors (Lipinski definition) is 6. The largest absolute Gasteiger partial charge is 0.393 e. The molecule has 0 aromatic heterocycles. The quantitative estimate of drug-likeness (QED) is 0.503. The van der Waals surface area contributed by atoms with Gasteiger partial charge >= 0.3 is 0 Å². The van der Waals surface area contributed by atoms with Crippen LogP contribution in [0.1, 0.15) is 11.7 Å². The molecule has 7 nitrogen and oxygen atoms in total. The third kappa shape index (κ3) is 4.73. The van der Waals surface area contributed by atoms with Crippen LogP contribution in [0.25, 0.3) is 0 Å². The van der Waals surface area contributed by atoms with Crippen LogP contribution in [0.3, 0.4) is 0 Å². The lowest BCUT2D eigenvalue weighted by Gasteiger charge is -2.23. The van der Waals surface area contributed by atoms with Crippen LogP contribution in [0.2, 0.25) is 0 Å². The second-order valence-corrected chi connectivity index (χ2v) is 6.77. The topological polar surface area (TPSA) is 124 Å². The Morgan fingerprint density at radius 3 is 2.23 bits per heavy atom. The number of nitrogens with one attached hydrogen (secondary N) is 1. The van der Waals surface area contributed by atoms with Gasteiger partial charge in [-0.2, -0.15) is 0 Å². The highest BCUT2D eigenvalue weighted by atomic mass is 32.2. The van der Waals surface area contributed by atoms with Crippen LogP contribution in [0.5, 0.6) is 0 Å². The highest BCUT2D eigenvalue weighted by Crippen LogP contribution is 2.20. The van der Waals surface area contributed by atoms with Gasteiger partial charge in [0.1, 0.15) is 12.8 Å². The average molecular weight is 335 g/mol.